The van der Waals surface area contributed by atoms with Crippen LogP contribution in [0.5, 0.6) is 5.75 Å². The van der Waals surface area contributed by atoms with Gasteiger partial charge in [0.1, 0.15) is 0 Å². The number of ether oxygens (including phenoxy) is 1. The van der Waals surface area contributed by atoms with E-state index in [2.05, 4.69) is 6.07 Å². The van der Waals surface area contributed by atoms with Crippen LogP contribution in [0.15, 0.2) is 24.3 Å². The number of halogens is 1. The van der Waals surface area contributed by atoms with Gasteiger partial charge >= 0.3 is 23.1 Å². The second kappa shape index (κ2) is 11.0. The van der Waals surface area contributed by atoms with E-state index in [0.717, 1.165) is 5.75 Å². The molecule has 1 aromatic carbocycles. The molecule has 0 fully saturated rings. The Morgan fingerprint density at radius 2 is 1.73 bits per heavy atom. The Kier molecular flexibility index (Phi) is 18.0. The first kappa shape index (κ1) is 18.0. The molecule has 0 heterocycles. The number of benzene rings is 1. The first-order valence-electron chi connectivity index (χ1n) is 2.43. The SMILES string of the molecule is COc1cc[c-]cc1.[Br-].[Mg+2].[Mg]. The minimum Gasteiger partial charge on any atom is -1.00 e. The summed E-state index contributed by atoms with van der Waals surface area (Å²) in [5.41, 5.74) is 0. The maximum absolute atomic E-state index is 4.89. The molecular formula is C7H7BrMg2O. The smallest absolute Gasteiger partial charge is 1.00 e. The molecule has 2 radical (unpaired) electrons. The van der Waals surface area contributed by atoms with Crippen molar-refractivity contribution >= 4 is 46.1 Å². The van der Waals surface area contributed by atoms with Crippen LogP contribution in [0.1, 0.15) is 0 Å². The van der Waals surface area contributed by atoms with Crippen molar-refractivity contribution in [2.75, 3.05) is 7.11 Å². The summed E-state index contributed by atoms with van der Waals surface area (Å²) in [5.74, 6) is 0.878. The third-order valence-corrected chi connectivity index (χ3v) is 0.923. The van der Waals surface area contributed by atoms with Crippen molar-refractivity contribution in [3.63, 3.8) is 0 Å². The zero-order chi connectivity index (χ0) is 5.82. The van der Waals surface area contributed by atoms with Crippen molar-refractivity contribution in [2.45, 2.75) is 0 Å². The maximum Gasteiger partial charge on any atom is 2.00 e. The molecule has 0 saturated carbocycles. The molecule has 52 valence electrons. The molecule has 11 heavy (non-hydrogen) atoms. The second-order valence-electron chi connectivity index (χ2n) is 1.44. The topological polar surface area (TPSA) is 9.23 Å². The fourth-order valence-electron chi connectivity index (χ4n) is 0.508. The van der Waals surface area contributed by atoms with Crippen molar-refractivity contribution in [1.29, 1.82) is 0 Å². The number of methoxy groups -OCH3 is 1. The van der Waals surface area contributed by atoms with Crippen LogP contribution in [-0.2, 0) is 0 Å². The van der Waals surface area contributed by atoms with Gasteiger partial charge in [0.15, 0.2) is 0 Å². The largest absolute Gasteiger partial charge is 2.00 e. The van der Waals surface area contributed by atoms with Gasteiger partial charge < -0.3 is 21.7 Å². The predicted molar refractivity (Wildman–Crippen MR) is 43.3 cm³/mol. The molecule has 0 N–H and O–H groups in total. The molecule has 1 rings (SSSR count). The summed E-state index contributed by atoms with van der Waals surface area (Å²) in [7, 11) is 1.65. The summed E-state index contributed by atoms with van der Waals surface area (Å²) < 4.78 is 4.89. The molecule has 0 unspecified atom stereocenters. The Balaban J connectivity index is -0.000000213. The third kappa shape index (κ3) is 7.40. The van der Waals surface area contributed by atoms with Crippen molar-refractivity contribution in [3.8, 4) is 5.75 Å². The summed E-state index contributed by atoms with van der Waals surface area (Å²) in [4.78, 5) is 0. The minimum atomic E-state index is 0. The van der Waals surface area contributed by atoms with Crippen LogP contribution >= 0.6 is 0 Å². The summed E-state index contributed by atoms with van der Waals surface area (Å²) >= 11 is 0. The van der Waals surface area contributed by atoms with Gasteiger partial charge in [-0.2, -0.15) is 18.2 Å². The van der Waals surface area contributed by atoms with E-state index in [0.29, 0.717) is 0 Å². The maximum atomic E-state index is 4.89. The first-order valence-corrected chi connectivity index (χ1v) is 2.43. The van der Waals surface area contributed by atoms with Gasteiger partial charge in [-0.05, 0) is 0 Å². The monoisotopic (exact) mass is 234 g/mol. The van der Waals surface area contributed by atoms with Crippen LogP contribution in [0.25, 0.3) is 0 Å². The van der Waals surface area contributed by atoms with E-state index >= 15 is 0 Å². The van der Waals surface area contributed by atoms with Gasteiger partial charge in [-0.25, -0.2) is 0 Å². The molecule has 0 aliphatic rings. The average Bonchev–Trinajstić information content (AvgIpc) is 1.90. The first-order chi connectivity index (χ1) is 3.93. The summed E-state index contributed by atoms with van der Waals surface area (Å²) in [6, 6.07) is 10.2. The van der Waals surface area contributed by atoms with Crippen LogP contribution < -0.4 is 21.7 Å². The minimum absolute atomic E-state index is 0. The number of rotatable bonds is 1. The Bertz CT molecular complexity index is 158. The van der Waals surface area contributed by atoms with Crippen molar-refractivity contribution in [1.82, 2.24) is 0 Å². The Morgan fingerprint density at radius 1 is 1.27 bits per heavy atom. The van der Waals surface area contributed by atoms with Gasteiger partial charge in [0, 0.05) is 28.8 Å². The van der Waals surface area contributed by atoms with Gasteiger partial charge in [-0.3, -0.25) is 0 Å². The molecular weight excluding hydrogens is 229 g/mol. The third-order valence-electron chi connectivity index (χ3n) is 0.923. The quantitative estimate of drug-likeness (QED) is 0.394. The van der Waals surface area contributed by atoms with Gasteiger partial charge in [0.2, 0.25) is 0 Å². The van der Waals surface area contributed by atoms with Crippen LogP contribution in [0, 0.1) is 6.07 Å². The van der Waals surface area contributed by atoms with Gasteiger partial charge in [-0.15, -0.1) is 12.1 Å². The molecule has 0 aliphatic carbocycles. The van der Waals surface area contributed by atoms with Gasteiger partial charge in [0.25, 0.3) is 0 Å². The molecule has 0 atom stereocenters. The number of hydrogen-bond acceptors (Lipinski definition) is 1. The van der Waals surface area contributed by atoms with Crippen molar-refractivity contribution < 1.29 is 21.7 Å². The fourth-order valence-corrected chi connectivity index (χ4v) is 0.508. The van der Waals surface area contributed by atoms with E-state index in [9.17, 15) is 0 Å². The molecule has 1 nitrogen and oxygen atoms in total. The molecule has 0 amide bonds. The Hall–Kier alpha value is 1.03. The van der Waals surface area contributed by atoms with E-state index in [1.807, 2.05) is 24.3 Å². The molecule has 0 bridgehead atoms. The van der Waals surface area contributed by atoms with E-state index < -0.39 is 0 Å². The molecule has 0 aromatic heterocycles. The average molecular weight is 236 g/mol. The normalized spacial score (nSPS) is 6.27. The summed E-state index contributed by atoms with van der Waals surface area (Å²) in [6.45, 7) is 0. The molecule has 0 saturated heterocycles. The van der Waals surface area contributed by atoms with Crippen LogP contribution in [0.2, 0.25) is 0 Å². The van der Waals surface area contributed by atoms with E-state index in [1.54, 1.807) is 7.11 Å². The summed E-state index contributed by atoms with van der Waals surface area (Å²) in [5, 5.41) is 0. The van der Waals surface area contributed by atoms with Crippen molar-refractivity contribution in [3.05, 3.63) is 30.3 Å². The summed E-state index contributed by atoms with van der Waals surface area (Å²) in [6.07, 6.45) is 0. The molecule has 0 aliphatic heterocycles. The van der Waals surface area contributed by atoms with Crippen LogP contribution in [0.3, 0.4) is 0 Å². The number of hydrogen-bond donors (Lipinski definition) is 0. The van der Waals surface area contributed by atoms with Gasteiger partial charge in [0.05, 0.1) is 7.11 Å². The molecule has 4 heteroatoms. The fraction of sp³-hybridized carbons (Fsp3) is 0.143. The predicted octanol–water partition coefficient (Wildman–Crippen LogP) is -2.26. The van der Waals surface area contributed by atoms with E-state index in [4.69, 9.17) is 4.74 Å². The van der Waals surface area contributed by atoms with E-state index in [1.165, 1.54) is 0 Å². The molecule has 0 spiro atoms. The van der Waals surface area contributed by atoms with E-state index in [-0.39, 0.29) is 63.1 Å². The second-order valence-corrected chi connectivity index (χ2v) is 1.44. The standard InChI is InChI=1S/C7H7O.BrH.2Mg/c1-8-7-5-3-2-4-6-7;;;/h3-6H,1H3;1H;;/q-1;;;+2/p-1. The van der Waals surface area contributed by atoms with Crippen molar-refractivity contribution in [2.24, 2.45) is 0 Å². The Labute approximate surface area is 110 Å². The van der Waals surface area contributed by atoms with Crippen LogP contribution in [-0.4, -0.2) is 53.2 Å². The molecule has 1 aromatic rings. The zero-order valence-electron chi connectivity index (χ0n) is 6.51. The Morgan fingerprint density at radius 3 is 2.00 bits per heavy atom. The zero-order valence-corrected chi connectivity index (χ0v) is 10.9. The van der Waals surface area contributed by atoms with Crippen LogP contribution in [0.4, 0.5) is 0 Å². The van der Waals surface area contributed by atoms with Gasteiger partial charge in [-0.1, -0.05) is 0 Å².